The van der Waals surface area contributed by atoms with E-state index in [1.165, 1.54) is 32.6 Å². The number of nitrogens with zero attached hydrogens (tertiary/aromatic N) is 1. The van der Waals surface area contributed by atoms with Crippen LogP contribution in [0.2, 0.25) is 0 Å². The van der Waals surface area contributed by atoms with Gasteiger partial charge in [-0.15, -0.1) is 0 Å². The van der Waals surface area contributed by atoms with Crippen LogP contribution in [0.25, 0.3) is 0 Å². The largest absolute Gasteiger partial charge is 1.00 e. The fraction of sp³-hybridized carbons (Fsp3) is 1.00. The first-order valence-corrected chi connectivity index (χ1v) is 3.94. The van der Waals surface area contributed by atoms with E-state index in [4.69, 9.17) is 0 Å². The molecule has 0 aromatic carbocycles. The van der Waals surface area contributed by atoms with E-state index >= 15 is 0 Å². The lowest BCUT2D eigenvalue weighted by atomic mass is 10.4. The third kappa shape index (κ3) is 1.84. The molecule has 0 spiro atoms. The average molecular weight is 165 g/mol. The van der Waals surface area contributed by atoms with Crippen molar-refractivity contribution in [2.45, 2.75) is 20.3 Å². The second kappa shape index (κ2) is 4.16. The molecule has 10 heavy (non-hydrogen) atoms. The summed E-state index contributed by atoms with van der Waals surface area (Å²) < 4.78 is 1.14. The first-order chi connectivity index (χ1) is 4.33. The van der Waals surface area contributed by atoms with E-state index in [9.17, 15) is 0 Å². The van der Waals surface area contributed by atoms with Crippen LogP contribution in [0.4, 0.5) is 0 Å². The molecule has 3 heteroatoms. The van der Waals surface area contributed by atoms with Gasteiger partial charge in [-0.05, 0) is 13.8 Å². The summed E-state index contributed by atoms with van der Waals surface area (Å²) in [5.74, 6) is 0. The maximum atomic E-state index is 3.51. The van der Waals surface area contributed by atoms with E-state index in [1.54, 1.807) is 0 Å². The van der Waals surface area contributed by atoms with Crippen LogP contribution in [0.1, 0.15) is 20.3 Å². The maximum Gasteiger partial charge on any atom is 0.0976 e. The van der Waals surface area contributed by atoms with Gasteiger partial charge in [0, 0.05) is 13.0 Å². The lowest BCUT2D eigenvalue weighted by Crippen LogP contribution is -3.00. The van der Waals surface area contributed by atoms with E-state index < -0.39 is 0 Å². The summed E-state index contributed by atoms with van der Waals surface area (Å²) >= 11 is 0. The molecule has 1 saturated heterocycles. The molecule has 0 radical (unpaired) electrons. The van der Waals surface area contributed by atoms with Crippen molar-refractivity contribution in [3.05, 3.63) is 0 Å². The minimum atomic E-state index is 0. The highest BCUT2D eigenvalue weighted by Crippen LogP contribution is 2.08. The van der Waals surface area contributed by atoms with E-state index in [0.717, 1.165) is 4.59 Å². The lowest BCUT2D eigenvalue weighted by Gasteiger charge is -2.30. The highest BCUT2D eigenvalue weighted by Gasteiger charge is 2.27. The van der Waals surface area contributed by atoms with Gasteiger partial charge in [0.1, 0.15) is 0 Å². The Morgan fingerprint density at radius 1 is 1.30 bits per heavy atom. The molecule has 0 atom stereocenters. The molecule has 0 aliphatic carbocycles. The molecule has 0 aromatic rings. The number of halogens is 1. The van der Waals surface area contributed by atoms with Crippen LogP contribution in [-0.4, -0.2) is 30.8 Å². The number of quaternary nitrogens is 1. The molecule has 1 heterocycles. The van der Waals surface area contributed by atoms with Gasteiger partial charge in [0.05, 0.1) is 19.6 Å². The van der Waals surface area contributed by atoms with Crippen molar-refractivity contribution in [2.24, 2.45) is 0 Å². The zero-order chi connectivity index (χ0) is 6.74. The van der Waals surface area contributed by atoms with Gasteiger partial charge >= 0.3 is 0 Å². The molecule has 0 saturated carbocycles. The Bertz CT molecular complexity index is 83.6. The summed E-state index contributed by atoms with van der Waals surface area (Å²) in [6.07, 6.45) is 1.35. The van der Waals surface area contributed by atoms with Crippen LogP contribution in [0.3, 0.4) is 0 Å². The molecule has 1 aliphatic heterocycles. The number of hydrogen-bond donors (Lipinski definition) is 1. The minimum absolute atomic E-state index is 0. The van der Waals surface area contributed by atoms with Gasteiger partial charge in [-0.2, -0.15) is 5.43 Å². The normalized spacial score (nSPS) is 22.2. The van der Waals surface area contributed by atoms with Crippen molar-refractivity contribution in [1.29, 1.82) is 0 Å². The van der Waals surface area contributed by atoms with Crippen LogP contribution in [-0.2, 0) is 0 Å². The highest BCUT2D eigenvalue weighted by atomic mass is 35.5. The molecule has 0 bridgehead atoms. The fourth-order valence-corrected chi connectivity index (χ4v) is 1.54. The molecule has 62 valence electrons. The molecular formula is C7H17ClN2. The Hall–Kier alpha value is 0.210. The molecule has 0 unspecified atom stereocenters. The smallest absolute Gasteiger partial charge is 0.0976 e. The quantitative estimate of drug-likeness (QED) is 0.455. The number of nitrogens with one attached hydrogen (secondary N) is 1. The molecule has 1 rings (SSSR count). The Morgan fingerprint density at radius 2 is 1.90 bits per heavy atom. The predicted molar refractivity (Wildman–Crippen MR) is 38.8 cm³/mol. The van der Waals surface area contributed by atoms with Gasteiger partial charge in [-0.1, -0.05) is 0 Å². The second-order valence-electron chi connectivity index (χ2n) is 2.76. The van der Waals surface area contributed by atoms with Gasteiger partial charge in [-0.25, -0.2) is 4.59 Å². The predicted octanol–water partition coefficient (Wildman–Crippen LogP) is -2.24. The Kier molecular flexibility index (Phi) is 4.25. The molecule has 2 nitrogen and oxygen atoms in total. The molecule has 1 fully saturated rings. The van der Waals surface area contributed by atoms with Crippen molar-refractivity contribution in [2.75, 3.05) is 26.2 Å². The van der Waals surface area contributed by atoms with Gasteiger partial charge < -0.3 is 12.4 Å². The summed E-state index contributed by atoms with van der Waals surface area (Å²) in [6.45, 7) is 9.51. The van der Waals surface area contributed by atoms with Crippen LogP contribution < -0.4 is 17.8 Å². The summed E-state index contributed by atoms with van der Waals surface area (Å²) in [5, 5.41) is 0. The molecule has 1 aliphatic rings. The fourth-order valence-electron chi connectivity index (χ4n) is 1.54. The van der Waals surface area contributed by atoms with Gasteiger partial charge in [0.15, 0.2) is 0 Å². The van der Waals surface area contributed by atoms with Crippen molar-refractivity contribution in [3.8, 4) is 0 Å². The van der Waals surface area contributed by atoms with E-state index in [-0.39, 0.29) is 12.4 Å². The lowest BCUT2D eigenvalue weighted by molar-refractivity contribution is -0.954. The van der Waals surface area contributed by atoms with Crippen LogP contribution in [0, 0.1) is 0 Å². The third-order valence-corrected chi connectivity index (χ3v) is 2.42. The molecule has 1 N–H and O–H groups in total. The molecule has 0 aromatic heterocycles. The van der Waals surface area contributed by atoms with Crippen molar-refractivity contribution >= 4 is 0 Å². The molecular weight excluding hydrogens is 148 g/mol. The number of rotatable bonds is 2. The monoisotopic (exact) mass is 164 g/mol. The first kappa shape index (κ1) is 10.2. The van der Waals surface area contributed by atoms with Crippen LogP contribution in [0.15, 0.2) is 0 Å². The Morgan fingerprint density at radius 3 is 2.10 bits per heavy atom. The highest BCUT2D eigenvalue weighted by molar-refractivity contribution is 4.48. The summed E-state index contributed by atoms with van der Waals surface area (Å²) in [6, 6.07) is 0. The topological polar surface area (TPSA) is 12.0 Å². The SMILES string of the molecule is CC[N+]1(CC)CCCN1.[Cl-]. The van der Waals surface area contributed by atoms with E-state index in [2.05, 4.69) is 19.3 Å². The third-order valence-electron chi connectivity index (χ3n) is 2.42. The number of hydrogen-bond acceptors (Lipinski definition) is 1. The van der Waals surface area contributed by atoms with Crippen molar-refractivity contribution in [3.63, 3.8) is 0 Å². The first-order valence-electron chi connectivity index (χ1n) is 3.94. The van der Waals surface area contributed by atoms with E-state index in [1.807, 2.05) is 0 Å². The van der Waals surface area contributed by atoms with Gasteiger partial charge in [-0.3, -0.25) is 0 Å². The van der Waals surface area contributed by atoms with Gasteiger partial charge in [0.2, 0.25) is 0 Å². The van der Waals surface area contributed by atoms with Crippen LogP contribution in [0.5, 0.6) is 0 Å². The van der Waals surface area contributed by atoms with Gasteiger partial charge in [0.25, 0.3) is 0 Å². The maximum absolute atomic E-state index is 3.51. The minimum Gasteiger partial charge on any atom is -1.00 e. The standard InChI is InChI=1S/C7H17N2.ClH/c1-3-9(4-2)7-5-6-8-9;/h8H,3-7H2,1-2H3;1H/q+1;/p-1. The molecule has 0 amide bonds. The van der Waals surface area contributed by atoms with E-state index in [0.29, 0.717) is 0 Å². The zero-order valence-electron chi connectivity index (χ0n) is 6.86. The zero-order valence-corrected chi connectivity index (χ0v) is 7.62. The Balaban J connectivity index is 0.000000810. The summed E-state index contributed by atoms with van der Waals surface area (Å²) in [4.78, 5) is 0. The Labute approximate surface area is 69.6 Å². The average Bonchev–Trinajstić information content (AvgIpc) is 2.36. The second-order valence-corrected chi connectivity index (χ2v) is 2.76. The summed E-state index contributed by atoms with van der Waals surface area (Å²) in [7, 11) is 0. The van der Waals surface area contributed by atoms with Crippen molar-refractivity contribution < 1.29 is 17.0 Å². The van der Waals surface area contributed by atoms with Crippen molar-refractivity contribution in [1.82, 2.24) is 5.43 Å². The summed E-state index contributed by atoms with van der Waals surface area (Å²) in [5.41, 5.74) is 3.51. The van der Waals surface area contributed by atoms with Crippen LogP contribution >= 0.6 is 0 Å².